The molecule has 242 valence electrons. The summed E-state index contributed by atoms with van der Waals surface area (Å²) in [4.78, 5) is 25.7. The fourth-order valence-corrected chi connectivity index (χ4v) is 6.69. The molecule has 3 N–H and O–H groups in total. The zero-order valence-electron chi connectivity index (χ0n) is 26.4. The molecule has 0 amide bonds. The highest BCUT2D eigenvalue weighted by Gasteiger charge is 2.36. The van der Waals surface area contributed by atoms with Crippen LogP contribution >= 0.6 is 7.75 Å². The third-order valence-corrected chi connectivity index (χ3v) is 8.91. The Morgan fingerprint density at radius 1 is 1.18 bits per heavy atom. The molecule has 0 bridgehead atoms. The van der Waals surface area contributed by atoms with Crippen LogP contribution in [-0.4, -0.2) is 58.0 Å². The van der Waals surface area contributed by atoms with Crippen molar-refractivity contribution in [3.63, 3.8) is 0 Å². The van der Waals surface area contributed by atoms with Crippen molar-refractivity contribution in [3.8, 4) is 11.6 Å². The average molecular weight is 641 g/mol. The molecule has 4 aromatic rings. The monoisotopic (exact) mass is 640 g/mol. The third kappa shape index (κ3) is 7.91. The van der Waals surface area contributed by atoms with Crippen LogP contribution < -0.4 is 20.1 Å². The number of esters is 1. The average Bonchev–Trinajstić information content (AvgIpc) is 3.42. The Morgan fingerprint density at radius 2 is 1.93 bits per heavy atom. The SMILES string of the molecule is COc1nc(N)nc2c1ncn2C1CC(C)CC(COP(=O)(NC(C)C(=O)OCC(C)(C)C)Oc2cccc3ccccc23)O1. The van der Waals surface area contributed by atoms with Crippen molar-refractivity contribution in [2.75, 3.05) is 26.1 Å². The van der Waals surface area contributed by atoms with E-state index in [4.69, 9.17) is 29.0 Å². The van der Waals surface area contributed by atoms with Gasteiger partial charge >= 0.3 is 13.7 Å². The molecule has 0 saturated carbocycles. The molecule has 14 heteroatoms. The fraction of sp³-hybridized carbons (Fsp3) is 0.484. The second-order valence-electron chi connectivity index (χ2n) is 12.6. The molecular formula is C31H41N6O7P. The minimum absolute atomic E-state index is 0.0533. The van der Waals surface area contributed by atoms with Crippen molar-refractivity contribution >= 4 is 41.6 Å². The zero-order chi connectivity index (χ0) is 32.4. The lowest BCUT2D eigenvalue weighted by Gasteiger charge is -2.35. The number of carbonyl (C=O) groups excluding carboxylic acids is 1. The number of anilines is 1. The van der Waals surface area contributed by atoms with E-state index in [-0.39, 0.29) is 36.4 Å². The lowest BCUT2D eigenvalue weighted by molar-refractivity contribution is -0.148. The molecule has 2 aromatic heterocycles. The number of nitrogens with two attached hydrogens (primary N) is 1. The number of methoxy groups -OCH3 is 1. The van der Waals surface area contributed by atoms with E-state index in [1.165, 1.54) is 7.11 Å². The second kappa shape index (κ2) is 13.3. The molecule has 0 spiro atoms. The van der Waals surface area contributed by atoms with Gasteiger partial charge in [-0.25, -0.2) is 9.55 Å². The number of rotatable bonds is 11. The maximum atomic E-state index is 14.4. The van der Waals surface area contributed by atoms with Crippen LogP contribution in [0, 0.1) is 11.3 Å². The van der Waals surface area contributed by atoms with Gasteiger partial charge in [0.25, 0.3) is 0 Å². The van der Waals surface area contributed by atoms with Gasteiger partial charge in [0, 0.05) is 5.39 Å². The summed E-state index contributed by atoms with van der Waals surface area (Å²) in [7, 11) is -2.66. The van der Waals surface area contributed by atoms with E-state index in [1.54, 1.807) is 30.0 Å². The summed E-state index contributed by atoms with van der Waals surface area (Å²) in [5, 5.41) is 4.45. The maximum absolute atomic E-state index is 14.4. The summed E-state index contributed by atoms with van der Waals surface area (Å²) in [5.41, 5.74) is 6.63. The van der Waals surface area contributed by atoms with E-state index >= 15 is 0 Å². The zero-order valence-corrected chi connectivity index (χ0v) is 27.3. The number of nitrogens with one attached hydrogen (secondary N) is 1. The number of carbonyl (C=O) groups is 1. The number of hydrogen-bond acceptors (Lipinski definition) is 11. The summed E-state index contributed by atoms with van der Waals surface area (Å²) in [6.45, 7) is 9.66. The Balaban J connectivity index is 1.36. The predicted molar refractivity (Wildman–Crippen MR) is 170 cm³/mol. The number of nitrogens with zero attached hydrogens (tertiary/aromatic N) is 4. The lowest BCUT2D eigenvalue weighted by atomic mass is 9.96. The fourth-order valence-electron chi connectivity index (χ4n) is 5.15. The van der Waals surface area contributed by atoms with Gasteiger partial charge in [-0.05, 0) is 42.6 Å². The summed E-state index contributed by atoms with van der Waals surface area (Å²) in [6, 6.07) is 12.0. The largest absolute Gasteiger partial charge is 0.479 e. The Morgan fingerprint density at radius 3 is 2.69 bits per heavy atom. The molecule has 5 atom stereocenters. The molecule has 1 fully saturated rings. The molecule has 3 heterocycles. The molecule has 45 heavy (non-hydrogen) atoms. The quantitative estimate of drug-likeness (QED) is 0.153. The molecule has 13 nitrogen and oxygen atoms in total. The number of aromatic nitrogens is 4. The van der Waals surface area contributed by atoms with E-state index in [2.05, 4.69) is 27.0 Å². The van der Waals surface area contributed by atoms with Crippen LogP contribution in [0.2, 0.25) is 0 Å². The van der Waals surface area contributed by atoms with E-state index in [9.17, 15) is 9.36 Å². The first-order chi connectivity index (χ1) is 21.3. The number of nitrogen functional groups attached to an aromatic ring is 1. The highest BCUT2D eigenvalue weighted by atomic mass is 31.2. The van der Waals surface area contributed by atoms with Crippen LogP contribution in [0.4, 0.5) is 5.95 Å². The van der Waals surface area contributed by atoms with Gasteiger partial charge in [0.05, 0.1) is 32.8 Å². The number of benzene rings is 2. The molecular weight excluding hydrogens is 599 g/mol. The highest BCUT2D eigenvalue weighted by Crippen LogP contribution is 2.47. The van der Waals surface area contributed by atoms with Crippen molar-refractivity contribution in [2.24, 2.45) is 11.3 Å². The second-order valence-corrected chi connectivity index (χ2v) is 14.3. The van der Waals surface area contributed by atoms with Gasteiger partial charge in [-0.2, -0.15) is 15.1 Å². The number of ether oxygens (including phenoxy) is 3. The van der Waals surface area contributed by atoms with Gasteiger partial charge in [0.1, 0.15) is 18.0 Å². The third-order valence-electron chi connectivity index (χ3n) is 7.28. The van der Waals surface area contributed by atoms with Crippen molar-refractivity contribution < 1.29 is 32.6 Å². The molecule has 1 aliphatic rings. The minimum atomic E-state index is -4.15. The highest BCUT2D eigenvalue weighted by molar-refractivity contribution is 7.52. The number of hydrogen-bond donors (Lipinski definition) is 2. The van der Waals surface area contributed by atoms with Crippen molar-refractivity contribution in [2.45, 2.75) is 65.8 Å². The normalized spacial score (nSPS) is 20.9. The van der Waals surface area contributed by atoms with Crippen molar-refractivity contribution in [1.82, 2.24) is 24.6 Å². The van der Waals surface area contributed by atoms with Gasteiger partial charge in [-0.3, -0.25) is 13.9 Å². The molecule has 1 saturated heterocycles. The first-order valence-corrected chi connectivity index (χ1v) is 16.4. The van der Waals surface area contributed by atoms with Crippen LogP contribution in [0.3, 0.4) is 0 Å². The van der Waals surface area contributed by atoms with Crippen LogP contribution in [0.5, 0.6) is 11.6 Å². The van der Waals surface area contributed by atoms with E-state index < -0.39 is 32.1 Å². The summed E-state index contributed by atoms with van der Waals surface area (Å²) in [5.74, 6) is 0.325. The Kier molecular flexibility index (Phi) is 9.64. The maximum Gasteiger partial charge on any atom is 0.459 e. The summed E-state index contributed by atoms with van der Waals surface area (Å²) >= 11 is 0. The standard InChI is InChI=1S/C31H41N6O7P/c1-19-14-22(43-25(15-19)37-18-33-26-27(37)34-30(32)35-28(26)40-6)16-42-45(39,36-20(2)29(38)41-17-31(3,4)5)44-24-13-9-11-21-10-7-8-12-23(21)24/h7-13,18-20,22,25H,14-17H2,1-6H3,(H,36,39)(H2,32,34,35). The van der Waals surface area contributed by atoms with Gasteiger partial charge in [0.2, 0.25) is 11.8 Å². The van der Waals surface area contributed by atoms with Gasteiger partial charge < -0.3 is 24.5 Å². The van der Waals surface area contributed by atoms with Gasteiger partial charge in [-0.15, -0.1) is 0 Å². The van der Waals surface area contributed by atoms with Crippen LogP contribution in [0.15, 0.2) is 48.8 Å². The molecule has 5 rings (SSSR count). The number of imidazole rings is 1. The van der Waals surface area contributed by atoms with Crippen LogP contribution in [0.1, 0.15) is 53.7 Å². The minimum Gasteiger partial charge on any atom is -0.479 e. The summed E-state index contributed by atoms with van der Waals surface area (Å²) in [6.07, 6.45) is 2.01. The molecule has 2 aromatic carbocycles. The van der Waals surface area contributed by atoms with Gasteiger partial charge in [0.15, 0.2) is 11.2 Å². The van der Waals surface area contributed by atoms with E-state index in [0.29, 0.717) is 29.8 Å². The molecule has 5 unspecified atom stereocenters. The molecule has 0 aliphatic carbocycles. The Bertz CT molecular complexity index is 1700. The lowest BCUT2D eigenvalue weighted by Crippen LogP contribution is -2.38. The van der Waals surface area contributed by atoms with Gasteiger partial charge in [-0.1, -0.05) is 64.1 Å². The smallest absolute Gasteiger partial charge is 0.459 e. The van der Waals surface area contributed by atoms with Crippen LogP contribution in [0.25, 0.3) is 21.9 Å². The Hall–Kier alpha value is -3.77. The van der Waals surface area contributed by atoms with Crippen molar-refractivity contribution in [3.05, 3.63) is 48.8 Å². The Labute approximate surface area is 262 Å². The predicted octanol–water partition coefficient (Wildman–Crippen LogP) is 5.66. The number of fused-ring (bicyclic) bond motifs is 2. The molecule has 1 aliphatic heterocycles. The summed E-state index contributed by atoms with van der Waals surface area (Å²) < 4.78 is 45.5. The topological polar surface area (TPSA) is 162 Å². The first-order valence-electron chi connectivity index (χ1n) is 14.9. The van der Waals surface area contributed by atoms with E-state index in [0.717, 1.165) is 10.8 Å². The van der Waals surface area contributed by atoms with Crippen LogP contribution in [-0.2, 0) is 23.4 Å². The first kappa shape index (κ1) is 32.6. The van der Waals surface area contributed by atoms with Crippen molar-refractivity contribution in [1.29, 1.82) is 0 Å². The van der Waals surface area contributed by atoms with E-state index in [1.807, 2.05) is 51.1 Å². The molecule has 0 radical (unpaired) electrons.